The predicted molar refractivity (Wildman–Crippen MR) is 97.5 cm³/mol. The first-order valence-electron chi connectivity index (χ1n) is 8.34. The summed E-state index contributed by atoms with van der Waals surface area (Å²) in [5.41, 5.74) is -0.564. The number of ether oxygens (including phenoxy) is 1. The van der Waals surface area contributed by atoms with E-state index in [0.29, 0.717) is 13.0 Å². The Morgan fingerprint density at radius 2 is 1.73 bits per heavy atom. The molecule has 1 rings (SSSR count). The van der Waals surface area contributed by atoms with Gasteiger partial charge in [0, 0.05) is 37.1 Å². The highest BCUT2D eigenvalue weighted by atomic mass is 32.1. The molecule has 0 fully saturated rings. The Morgan fingerprint density at radius 1 is 1.15 bits per heavy atom. The molecule has 26 heavy (non-hydrogen) atoms. The molecular formula is C17H26N2O6S. The van der Waals surface area contributed by atoms with Gasteiger partial charge in [0.05, 0.1) is 6.61 Å². The summed E-state index contributed by atoms with van der Waals surface area (Å²) in [6, 6.07) is 0. The van der Waals surface area contributed by atoms with Crippen molar-refractivity contribution in [3.8, 4) is 0 Å². The van der Waals surface area contributed by atoms with Gasteiger partial charge in [-0.1, -0.05) is 0 Å². The summed E-state index contributed by atoms with van der Waals surface area (Å²) in [6.07, 6.45) is 3.10. The fraction of sp³-hybridized carbons (Fsp3) is 0.647. The molecule has 1 aliphatic heterocycles. The molecule has 0 saturated carbocycles. The van der Waals surface area contributed by atoms with E-state index in [9.17, 15) is 19.2 Å². The van der Waals surface area contributed by atoms with Gasteiger partial charge >= 0.3 is 5.97 Å². The second-order valence-electron chi connectivity index (χ2n) is 7.01. The van der Waals surface area contributed by atoms with Gasteiger partial charge in [0.15, 0.2) is 0 Å². The number of carboxylic acid groups (broad SMARTS) is 1. The summed E-state index contributed by atoms with van der Waals surface area (Å²) >= 11 is 4.31. The van der Waals surface area contributed by atoms with Crippen LogP contribution in [0.1, 0.15) is 46.5 Å². The van der Waals surface area contributed by atoms with Crippen LogP contribution in [-0.4, -0.2) is 57.3 Å². The van der Waals surface area contributed by atoms with Crippen molar-refractivity contribution in [1.82, 2.24) is 10.2 Å². The maximum absolute atomic E-state index is 12.1. The summed E-state index contributed by atoms with van der Waals surface area (Å²) < 4.78 is 5.61. The minimum absolute atomic E-state index is 0.0202. The largest absolute Gasteiger partial charge is 0.481 e. The highest BCUT2D eigenvalue weighted by Gasteiger charge is 2.27. The number of carbonyl (C=O) groups is 4. The monoisotopic (exact) mass is 386 g/mol. The molecule has 0 aromatic rings. The van der Waals surface area contributed by atoms with Gasteiger partial charge in [-0.25, -0.2) is 0 Å². The van der Waals surface area contributed by atoms with Gasteiger partial charge in [0.1, 0.15) is 4.93 Å². The highest BCUT2D eigenvalue weighted by Crippen LogP contribution is 2.23. The molecule has 9 heteroatoms. The minimum atomic E-state index is -0.911. The molecule has 0 spiro atoms. The first kappa shape index (κ1) is 22.2. The number of rotatable bonds is 11. The topological polar surface area (TPSA) is 113 Å². The molecule has 1 atom stereocenters. The molecule has 1 heterocycles. The number of aliphatic carboxylic acids is 1. The zero-order valence-corrected chi connectivity index (χ0v) is 16.2. The van der Waals surface area contributed by atoms with E-state index >= 15 is 0 Å². The minimum Gasteiger partial charge on any atom is -0.481 e. The fourth-order valence-electron chi connectivity index (χ4n) is 2.30. The van der Waals surface area contributed by atoms with Gasteiger partial charge < -0.3 is 15.2 Å². The van der Waals surface area contributed by atoms with Crippen LogP contribution in [0.25, 0.3) is 0 Å². The molecule has 3 amide bonds. The number of nitrogens with zero attached hydrogens (tertiary/aromatic N) is 1. The Balaban J connectivity index is 2.34. The quantitative estimate of drug-likeness (QED) is 0.279. The van der Waals surface area contributed by atoms with Crippen LogP contribution < -0.4 is 5.32 Å². The average Bonchev–Trinajstić information content (AvgIpc) is 2.81. The first-order valence-corrected chi connectivity index (χ1v) is 8.79. The summed E-state index contributed by atoms with van der Waals surface area (Å²) in [5.74, 6) is -2.01. The lowest BCUT2D eigenvalue weighted by Gasteiger charge is -2.29. The van der Waals surface area contributed by atoms with Crippen LogP contribution in [-0.2, 0) is 23.9 Å². The third-order valence-corrected chi connectivity index (χ3v) is 4.24. The van der Waals surface area contributed by atoms with Crippen LogP contribution in [0, 0.1) is 0 Å². The predicted octanol–water partition coefficient (Wildman–Crippen LogP) is 1.11. The molecule has 0 bridgehead atoms. The fourth-order valence-corrected chi connectivity index (χ4v) is 2.51. The van der Waals surface area contributed by atoms with E-state index in [1.807, 2.05) is 13.8 Å². The van der Waals surface area contributed by atoms with Crippen LogP contribution in [0.5, 0.6) is 0 Å². The van der Waals surface area contributed by atoms with Gasteiger partial charge in [-0.15, -0.1) is 12.6 Å². The zero-order valence-electron chi connectivity index (χ0n) is 15.3. The van der Waals surface area contributed by atoms with Gasteiger partial charge in [0.2, 0.25) is 5.91 Å². The summed E-state index contributed by atoms with van der Waals surface area (Å²) in [7, 11) is 0. The number of nitrogens with one attached hydrogen (secondary N) is 1. The number of hydrogen-bond acceptors (Lipinski definition) is 6. The first-order chi connectivity index (χ1) is 11.9. The SMILES string of the molecule is CC(C)(CCOC(C)(S)CCC(=O)O)NC(=O)CCN1C(=O)C=CC1=O. The van der Waals surface area contributed by atoms with Crippen molar-refractivity contribution in [3.05, 3.63) is 12.2 Å². The number of thiol groups is 1. The normalized spacial score (nSPS) is 16.7. The maximum Gasteiger partial charge on any atom is 0.303 e. The Morgan fingerprint density at radius 3 is 2.27 bits per heavy atom. The van der Waals surface area contributed by atoms with E-state index in [1.54, 1.807) is 6.92 Å². The Kier molecular flexibility index (Phi) is 7.83. The van der Waals surface area contributed by atoms with E-state index in [4.69, 9.17) is 9.84 Å². The molecule has 1 aliphatic rings. The van der Waals surface area contributed by atoms with Crippen LogP contribution in [0.15, 0.2) is 12.2 Å². The number of carboxylic acids is 1. The summed E-state index contributed by atoms with van der Waals surface area (Å²) in [5, 5.41) is 11.5. The van der Waals surface area contributed by atoms with E-state index < -0.39 is 28.3 Å². The van der Waals surface area contributed by atoms with E-state index in [2.05, 4.69) is 17.9 Å². The molecule has 0 saturated heterocycles. The molecule has 8 nitrogen and oxygen atoms in total. The van der Waals surface area contributed by atoms with Gasteiger partial charge in [-0.2, -0.15) is 0 Å². The van der Waals surface area contributed by atoms with Crippen molar-refractivity contribution in [2.75, 3.05) is 13.2 Å². The second-order valence-corrected chi connectivity index (χ2v) is 7.96. The Bertz CT molecular complexity index is 582. The molecule has 0 radical (unpaired) electrons. The van der Waals surface area contributed by atoms with Gasteiger partial charge in [0.25, 0.3) is 11.8 Å². The van der Waals surface area contributed by atoms with Crippen LogP contribution in [0.3, 0.4) is 0 Å². The summed E-state index contributed by atoms with van der Waals surface area (Å²) in [6.45, 7) is 5.68. The standard InChI is InChI=1S/C17H26N2O6S/c1-16(2,9-11-25-17(3,26)8-6-15(23)24)18-12(20)7-10-19-13(21)4-5-14(19)22/h4-5,26H,6-11H2,1-3H3,(H,18,20)(H,23,24). The van der Waals surface area contributed by atoms with Crippen LogP contribution in [0.4, 0.5) is 0 Å². The van der Waals surface area contributed by atoms with Crippen molar-refractivity contribution in [1.29, 1.82) is 0 Å². The lowest BCUT2D eigenvalue weighted by molar-refractivity contribution is -0.139. The molecule has 0 aromatic heterocycles. The smallest absolute Gasteiger partial charge is 0.303 e. The van der Waals surface area contributed by atoms with E-state index in [1.165, 1.54) is 12.2 Å². The molecule has 2 N–H and O–H groups in total. The number of imide groups is 1. The third-order valence-electron chi connectivity index (χ3n) is 3.88. The number of carbonyl (C=O) groups excluding carboxylic acids is 3. The number of amides is 3. The zero-order chi connectivity index (χ0) is 20.0. The average molecular weight is 386 g/mol. The lowest BCUT2D eigenvalue weighted by atomic mass is 10.0. The van der Waals surface area contributed by atoms with Crippen molar-refractivity contribution >= 4 is 36.3 Å². The molecule has 146 valence electrons. The van der Waals surface area contributed by atoms with Crippen molar-refractivity contribution in [3.63, 3.8) is 0 Å². The molecule has 0 aromatic carbocycles. The molecule has 0 aliphatic carbocycles. The molecular weight excluding hydrogens is 360 g/mol. The van der Waals surface area contributed by atoms with E-state index in [0.717, 1.165) is 4.90 Å². The highest BCUT2D eigenvalue weighted by molar-refractivity contribution is 7.81. The Labute approximate surface area is 158 Å². The lowest BCUT2D eigenvalue weighted by Crippen LogP contribution is -2.46. The van der Waals surface area contributed by atoms with Gasteiger partial charge in [-0.3, -0.25) is 24.1 Å². The van der Waals surface area contributed by atoms with Crippen LogP contribution in [0.2, 0.25) is 0 Å². The second kappa shape index (κ2) is 9.18. The molecule has 1 unspecified atom stereocenters. The van der Waals surface area contributed by atoms with Crippen molar-refractivity contribution in [2.24, 2.45) is 0 Å². The van der Waals surface area contributed by atoms with Crippen LogP contribution >= 0.6 is 12.6 Å². The number of hydrogen-bond donors (Lipinski definition) is 3. The van der Waals surface area contributed by atoms with Crippen molar-refractivity contribution < 1.29 is 29.0 Å². The third kappa shape index (κ3) is 8.01. The maximum atomic E-state index is 12.1. The Hall–Kier alpha value is -1.87. The summed E-state index contributed by atoms with van der Waals surface area (Å²) in [4.78, 5) is 45.7. The van der Waals surface area contributed by atoms with Crippen molar-refractivity contribution in [2.45, 2.75) is 56.9 Å². The van der Waals surface area contributed by atoms with E-state index in [-0.39, 0.29) is 31.7 Å². The van der Waals surface area contributed by atoms with Gasteiger partial charge in [-0.05, 0) is 33.6 Å².